The second-order valence-corrected chi connectivity index (χ2v) is 6.91. The molecular weight excluding hydrogens is 384 g/mol. The maximum atomic E-state index is 12.3. The Hall–Kier alpha value is -2.77. The van der Waals surface area contributed by atoms with E-state index in [2.05, 4.69) is 10.6 Å². The van der Waals surface area contributed by atoms with E-state index in [0.717, 1.165) is 30.9 Å². The first-order chi connectivity index (χ1) is 14.7. The minimum atomic E-state index is -0.144. The average Bonchev–Trinajstić information content (AvgIpc) is 3.29. The van der Waals surface area contributed by atoms with E-state index in [-0.39, 0.29) is 18.6 Å². The van der Waals surface area contributed by atoms with Crippen molar-refractivity contribution in [3.05, 3.63) is 48.5 Å². The normalized spacial score (nSPS) is 15.6. The van der Waals surface area contributed by atoms with Crippen molar-refractivity contribution in [1.82, 2.24) is 0 Å². The van der Waals surface area contributed by atoms with Crippen LogP contribution in [0.15, 0.2) is 48.5 Å². The second-order valence-electron chi connectivity index (χ2n) is 6.91. The number of carbonyl (C=O) groups is 1. The molecule has 0 radical (unpaired) electrons. The van der Waals surface area contributed by atoms with Crippen LogP contribution < -0.4 is 20.1 Å². The fraction of sp³-hybridized carbons (Fsp3) is 0.435. The summed E-state index contributed by atoms with van der Waals surface area (Å²) in [5.41, 5.74) is 1.49. The number of ether oxygens (including phenoxy) is 4. The fourth-order valence-electron chi connectivity index (χ4n) is 3.08. The molecule has 1 aliphatic heterocycles. The van der Waals surface area contributed by atoms with Crippen molar-refractivity contribution in [3.63, 3.8) is 0 Å². The number of benzene rings is 2. The van der Waals surface area contributed by atoms with Gasteiger partial charge in [-0.3, -0.25) is 4.79 Å². The van der Waals surface area contributed by atoms with Crippen molar-refractivity contribution in [2.24, 2.45) is 0 Å². The number of nitrogens with one attached hydrogen (secondary N) is 2. The average molecular weight is 415 g/mol. The van der Waals surface area contributed by atoms with Gasteiger partial charge >= 0.3 is 0 Å². The van der Waals surface area contributed by atoms with Gasteiger partial charge in [-0.2, -0.15) is 0 Å². The van der Waals surface area contributed by atoms with Crippen LogP contribution in [0, 0.1) is 0 Å². The molecule has 1 unspecified atom stereocenters. The molecule has 162 valence electrons. The Kier molecular flexibility index (Phi) is 8.80. The van der Waals surface area contributed by atoms with Crippen LogP contribution in [-0.4, -0.2) is 51.6 Å². The zero-order valence-electron chi connectivity index (χ0n) is 17.4. The molecule has 3 rings (SSSR count). The predicted molar refractivity (Wildman–Crippen MR) is 116 cm³/mol. The fourth-order valence-corrected chi connectivity index (χ4v) is 3.08. The minimum absolute atomic E-state index is 0.132. The number of amides is 1. The van der Waals surface area contributed by atoms with Gasteiger partial charge in [0.25, 0.3) is 0 Å². The topological polar surface area (TPSA) is 78.1 Å². The largest absolute Gasteiger partial charge is 0.491 e. The van der Waals surface area contributed by atoms with Gasteiger partial charge in [0.2, 0.25) is 5.91 Å². The van der Waals surface area contributed by atoms with Crippen molar-refractivity contribution in [3.8, 4) is 11.5 Å². The van der Waals surface area contributed by atoms with Gasteiger partial charge in [0.1, 0.15) is 24.7 Å². The Morgan fingerprint density at radius 1 is 1.10 bits per heavy atom. The van der Waals surface area contributed by atoms with Crippen LogP contribution in [-0.2, 0) is 14.3 Å². The lowest BCUT2D eigenvalue weighted by atomic mass is 10.2. The molecule has 7 heteroatoms. The van der Waals surface area contributed by atoms with Crippen LogP contribution in [0.2, 0.25) is 0 Å². The first-order valence-electron chi connectivity index (χ1n) is 10.4. The molecule has 1 amide bonds. The van der Waals surface area contributed by atoms with E-state index in [4.69, 9.17) is 18.9 Å². The summed E-state index contributed by atoms with van der Waals surface area (Å²) >= 11 is 0. The maximum absolute atomic E-state index is 12.3. The molecule has 7 nitrogen and oxygen atoms in total. The molecule has 0 spiro atoms. The van der Waals surface area contributed by atoms with E-state index in [1.807, 2.05) is 55.5 Å². The first-order valence-corrected chi connectivity index (χ1v) is 10.4. The van der Waals surface area contributed by atoms with Crippen LogP contribution in [0.5, 0.6) is 11.5 Å². The van der Waals surface area contributed by atoms with Crippen molar-refractivity contribution < 1.29 is 23.7 Å². The van der Waals surface area contributed by atoms with E-state index in [1.165, 1.54) is 0 Å². The number of hydrogen-bond acceptors (Lipinski definition) is 6. The highest BCUT2D eigenvalue weighted by Gasteiger charge is 2.16. The zero-order chi connectivity index (χ0) is 21.0. The molecule has 1 heterocycles. The Labute approximate surface area is 177 Å². The van der Waals surface area contributed by atoms with Gasteiger partial charge in [-0.25, -0.2) is 0 Å². The highest BCUT2D eigenvalue weighted by Crippen LogP contribution is 2.25. The number of hydrogen-bond donors (Lipinski definition) is 2. The summed E-state index contributed by atoms with van der Waals surface area (Å²) in [6.45, 7) is 5.12. The smallest absolute Gasteiger partial charge is 0.243 e. The molecular formula is C23H30N2O5. The summed E-state index contributed by atoms with van der Waals surface area (Å²) in [7, 11) is 0. The third-order valence-electron chi connectivity index (χ3n) is 4.61. The summed E-state index contributed by atoms with van der Waals surface area (Å²) in [6, 6.07) is 14.9. The molecule has 1 aliphatic rings. The Morgan fingerprint density at radius 2 is 1.93 bits per heavy atom. The standard InChI is InChI=1S/C23H30N2O5/c1-2-27-14-15-29-19-11-9-18(10-12-19)25-23(26)16-24-21-7-3-4-8-22(21)30-17-20-6-5-13-28-20/h3-4,7-12,20,24H,2,5-6,13-17H2,1H3,(H,25,26). The third kappa shape index (κ3) is 7.24. The molecule has 0 aromatic heterocycles. The lowest BCUT2D eigenvalue weighted by Gasteiger charge is -2.15. The number of para-hydroxylation sites is 2. The second kappa shape index (κ2) is 12.0. The van der Waals surface area contributed by atoms with Crippen LogP contribution in [0.4, 0.5) is 11.4 Å². The molecule has 1 saturated heterocycles. The number of rotatable bonds is 12. The van der Waals surface area contributed by atoms with Gasteiger partial charge < -0.3 is 29.6 Å². The molecule has 0 bridgehead atoms. The zero-order valence-corrected chi connectivity index (χ0v) is 17.4. The van der Waals surface area contributed by atoms with Crippen LogP contribution in [0.25, 0.3) is 0 Å². The van der Waals surface area contributed by atoms with Crippen LogP contribution >= 0.6 is 0 Å². The summed E-state index contributed by atoms with van der Waals surface area (Å²) in [6.07, 6.45) is 2.25. The van der Waals surface area contributed by atoms with Crippen molar-refractivity contribution in [2.45, 2.75) is 25.9 Å². The molecule has 30 heavy (non-hydrogen) atoms. The maximum Gasteiger partial charge on any atom is 0.243 e. The summed E-state index contributed by atoms with van der Waals surface area (Å²) in [5, 5.41) is 6.01. The summed E-state index contributed by atoms with van der Waals surface area (Å²) in [4.78, 5) is 12.3. The van der Waals surface area contributed by atoms with E-state index >= 15 is 0 Å². The van der Waals surface area contributed by atoms with E-state index in [0.29, 0.717) is 37.9 Å². The quantitative estimate of drug-likeness (QED) is 0.516. The Morgan fingerprint density at radius 3 is 2.70 bits per heavy atom. The third-order valence-corrected chi connectivity index (χ3v) is 4.61. The van der Waals surface area contributed by atoms with Crippen LogP contribution in [0.1, 0.15) is 19.8 Å². The van der Waals surface area contributed by atoms with Crippen LogP contribution in [0.3, 0.4) is 0 Å². The van der Waals surface area contributed by atoms with Gasteiger partial charge in [-0.15, -0.1) is 0 Å². The number of carbonyl (C=O) groups excluding carboxylic acids is 1. The molecule has 2 aromatic rings. The summed E-state index contributed by atoms with van der Waals surface area (Å²) < 4.78 is 22.3. The summed E-state index contributed by atoms with van der Waals surface area (Å²) in [5.74, 6) is 1.31. The van der Waals surface area contributed by atoms with Gasteiger partial charge in [-0.1, -0.05) is 12.1 Å². The highest BCUT2D eigenvalue weighted by atomic mass is 16.5. The Balaban J connectivity index is 1.43. The van der Waals surface area contributed by atoms with Crippen molar-refractivity contribution in [2.75, 3.05) is 50.2 Å². The molecule has 2 aromatic carbocycles. The lowest BCUT2D eigenvalue weighted by Crippen LogP contribution is -2.22. The SMILES string of the molecule is CCOCCOc1ccc(NC(=O)CNc2ccccc2OCC2CCCO2)cc1. The molecule has 0 aliphatic carbocycles. The van der Waals surface area contributed by atoms with Gasteiger partial charge in [-0.05, 0) is 56.2 Å². The van der Waals surface area contributed by atoms with Gasteiger partial charge in [0.15, 0.2) is 0 Å². The van der Waals surface area contributed by atoms with Crippen molar-refractivity contribution in [1.29, 1.82) is 0 Å². The molecule has 0 saturated carbocycles. The van der Waals surface area contributed by atoms with E-state index in [1.54, 1.807) is 0 Å². The lowest BCUT2D eigenvalue weighted by molar-refractivity contribution is -0.114. The number of anilines is 2. The van der Waals surface area contributed by atoms with Gasteiger partial charge in [0.05, 0.1) is 24.9 Å². The Bertz CT molecular complexity index is 775. The molecule has 1 atom stereocenters. The minimum Gasteiger partial charge on any atom is -0.491 e. The first kappa shape index (κ1) is 21.9. The van der Waals surface area contributed by atoms with Gasteiger partial charge in [0, 0.05) is 18.9 Å². The highest BCUT2D eigenvalue weighted by molar-refractivity contribution is 5.94. The monoisotopic (exact) mass is 414 g/mol. The van der Waals surface area contributed by atoms with E-state index in [9.17, 15) is 4.79 Å². The molecule has 1 fully saturated rings. The van der Waals surface area contributed by atoms with Crippen molar-refractivity contribution >= 4 is 17.3 Å². The predicted octanol–water partition coefficient (Wildman–Crippen LogP) is 3.71. The van der Waals surface area contributed by atoms with E-state index < -0.39 is 0 Å². The molecule has 2 N–H and O–H groups in total.